The summed E-state index contributed by atoms with van der Waals surface area (Å²) in [4.78, 5) is 45.4. The van der Waals surface area contributed by atoms with Crippen molar-refractivity contribution in [1.82, 2.24) is 16.0 Å². The summed E-state index contributed by atoms with van der Waals surface area (Å²) in [5.41, 5.74) is 0. The lowest BCUT2D eigenvalue weighted by molar-refractivity contribution is -0.144. The van der Waals surface area contributed by atoms with Gasteiger partial charge in [-0.25, -0.2) is 4.79 Å². The fraction of sp³-hybridized carbons (Fsp3) is 0.667. The zero-order valence-corrected chi connectivity index (χ0v) is 12.3. The molecule has 8 heteroatoms. The van der Waals surface area contributed by atoms with E-state index in [1.165, 1.54) is 34.8 Å². The van der Waals surface area contributed by atoms with Crippen molar-refractivity contribution in [3.63, 3.8) is 0 Å². The van der Waals surface area contributed by atoms with Crippen LogP contribution in [0.1, 0.15) is 27.7 Å². The Morgan fingerprint density at radius 3 is 1.60 bits per heavy atom. The van der Waals surface area contributed by atoms with Gasteiger partial charge in [0.25, 0.3) is 0 Å². The molecule has 0 aromatic carbocycles. The van der Waals surface area contributed by atoms with Gasteiger partial charge in [-0.05, 0) is 20.8 Å². The molecule has 0 rings (SSSR count). The minimum absolute atomic E-state index is 0.343. The molecule has 3 atom stereocenters. The third-order valence-corrected chi connectivity index (χ3v) is 2.48. The summed E-state index contributed by atoms with van der Waals surface area (Å²) >= 11 is 0. The number of carbonyl (C=O) groups excluding carboxylic acids is 4. The van der Waals surface area contributed by atoms with Crippen molar-refractivity contribution in [3.05, 3.63) is 0 Å². The van der Waals surface area contributed by atoms with Crippen LogP contribution in [-0.4, -0.2) is 48.9 Å². The molecule has 8 nitrogen and oxygen atoms in total. The van der Waals surface area contributed by atoms with E-state index in [2.05, 4.69) is 20.7 Å². The van der Waals surface area contributed by atoms with Crippen LogP contribution in [0.15, 0.2) is 0 Å². The van der Waals surface area contributed by atoms with Crippen molar-refractivity contribution in [2.45, 2.75) is 45.8 Å². The number of esters is 1. The molecule has 3 amide bonds. The number of hydrogen-bond donors (Lipinski definition) is 3. The number of methoxy groups -OCH3 is 1. The minimum Gasteiger partial charge on any atom is -0.467 e. The van der Waals surface area contributed by atoms with E-state index in [4.69, 9.17) is 0 Å². The first-order valence-corrected chi connectivity index (χ1v) is 6.14. The van der Waals surface area contributed by atoms with E-state index >= 15 is 0 Å². The highest BCUT2D eigenvalue weighted by molar-refractivity contribution is 5.92. The molecule has 114 valence electrons. The molecule has 0 radical (unpaired) electrons. The van der Waals surface area contributed by atoms with Crippen molar-refractivity contribution in [2.75, 3.05) is 7.11 Å². The highest BCUT2D eigenvalue weighted by atomic mass is 16.5. The van der Waals surface area contributed by atoms with Crippen LogP contribution in [0, 0.1) is 0 Å². The molecule has 0 aliphatic heterocycles. The molecule has 0 aliphatic carbocycles. The van der Waals surface area contributed by atoms with E-state index in [-0.39, 0.29) is 5.91 Å². The Morgan fingerprint density at radius 2 is 1.20 bits per heavy atom. The van der Waals surface area contributed by atoms with Gasteiger partial charge in [-0.15, -0.1) is 0 Å². The van der Waals surface area contributed by atoms with Crippen LogP contribution in [0.4, 0.5) is 0 Å². The van der Waals surface area contributed by atoms with Crippen LogP contribution in [0.25, 0.3) is 0 Å². The van der Waals surface area contributed by atoms with E-state index in [9.17, 15) is 19.2 Å². The van der Waals surface area contributed by atoms with Crippen molar-refractivity contribution >= 4 is 23.7 Å². The van der Waals surface area contributed by atoms with Crippen LogP contribution < -0.4 is 16.0 Å². The van der Waals surface area contributed by atoms with E-state index in [0.717, 1.165) is 0 Å². The van der Waals surface area contributed by atoms with Gasteiger partial charge in [0.05, 0.1) is 7.11 Å². The van der Waals surface area contributed by atoms with Crippen molar-refractivity contribution < 1.29 is 23.9 Å². The molecule has 0 aromatic heterocycles. The molecule has 0 saturated carbocycles. The summed E-state index contributed by atoms with van der Waals surface area (Å²) < 4.78 is 4.47. The second kappa shape index (κ2) is 8.13. The first kappa shape index (κ1) is 17.9. The number of nitrogens with one attached hydrogen (secondary N) is 3. The molecule has 0 unspecified atom stereocenters. The second-order valence-corrected chi connectivity index (χ2v) is 4.41. The zero-order valence-electron chi connectivity index (χ0n) is 12.3. The van der Waals surface area contributed by atoms with Gasteiger partial charge < -0.3 is 20.7 Å². The number of carbonyl (C=O) groups is 4. The van der Waals surface area contributed by atoms with Crippen LogP contribution in [0.3, 0.4) is 0 Å². The van der Waals surface area contributed by atoms with Gasteiger partial charge in [0.15, 0.2) is 0 Å². The predicted molar refractivity (Wildman–Crippen MR) is 70.5 cm³/mol. The van der Waals surface area contributed by atoms with Crippen LogP contribution in [-0.2, 0) is 23.9 Å². The lowest BCUT2D eigenvalue weighted by Gasteiger charge is -2.19. The molecule has 20 heavy (non-hydrogen) atoms. The molecule has 0 aromatic rings. The minimum atomic E-state index is -0.842. The van der Waals surface area contributed by atoms with E-state index in [0.29, 0.717) is 0 Å². The first-order chi connectivity index (χ1) is 9.18. The van der Waals surface area contributed by atoms with Crippen LogP contribution in [0.2, 0.25) is 0 Å². The monoisotopic (exact) mass is 287 g/mol. The fourth-order valence-corrected chi connectivity index (χ4v) is 1.35. The van der Waals surface area contributed by atoms with Crippen LogP contribution >= 0.6 is 0 Å². The second-order valence-electron chi connectivity index (χ2n) is 4.41. The number of ether oxygens (including phenoxy) is 1. The van der Waals surface area contributed by atoms with Gasteiger partial charge in [-0.2, -0.15) is 0 Å². The maximum atomic E-state index is 11.7. The summed E-state index contributed by atoms with van der Waals surface area (Å²) in [5, 5.41) is 7.23. The van der Waals surface area contributed by atoms with Crippen molar-refractivity contribution in [2.24, 2.45) is 0 Å². The topological polar surface area (TPSA) is 114 Å². The maximum absolute atomic E-state index is 11.7. The molecule has 0 aliphatic rings. The largest absolute Gasteiger partial charge is 0.467 e. The molecule has 0 bridgehead atoms. The Labute approximate surface area is 117 Å². The predicted octanol–water partition coefficient (Wildman–Crippen LogP) is -1.31. The zero-order chi connectivity index (χ0) is 15.9. The van der Waals surface area contributed by atoms with Gasteiger partial charge in [-0.1, -0.05) is 0 Å². The Kier molecular flexibility index (Phi) is 7.27. The summed E-state index contributed by atoms with van der Waals surface area (Å²) in [6, 6.07) is -2.40. The lowest BCUT2D eigenvalue weighted by atomic mass is 10.2. The number of hydrogen-bond acceptors (Lipinski definition) is 5. The average Bonchev–Trinajstić information content (AvgIpc) is 2.36. The first-order valence-electron chi connectivity index (χ1n) is 6.14. The SMILES string of the molecule is COC(=O)[C@H](C)NC(=O)[C@H](C)NC(=O)[C@H](C)NC(C)=O. The molecule has 3 N–H and O–H groups in total. The van der Waals surface area contributed by atoms with Gasteiger partial charge in [0, 0.05) is 6.92 Å². The Bertz CT molecular complexity index is 397. The molecule has 0 spiro atoms. The van der Waals surface area contributed by atoms with Gasteiger partial charge >= 0.3 is 5.97 Å². The molecular formula is C12H21N3O5. The van der Waals surface area contributed by atoms with Crippen molar-refractivity contribution in [3.8, 4) is 0 Å². The Morgan fingerprint density at radius 1 is 0.800 bits per heavy atom. The molecular weight excluding hydrogens is 266 g/mol. The van der Waals surface area contributed by atoms with Gasteiger partial charge in [0.2, 0.25) is 17.7 Å². The smallest absolute Gasteiger partial charge is 0.328 e. The lowest BCUT2D eigenvalue weighted by Crippen LogP contribution is -2.53. The van der Waals surface area contributed by atoms with E-state index in [1.54, 1.807) is 0 Å². The molecule has 0 fully saturated rings. The Balaban J connectivity index is 4.35. The molecule has 0 saturated heterocycles. The summed E-state index contributed by atoms with van der Waals surface area (Å²) in [6.07, 6.45) is 0. The van der Waals surface area contributed by atoms with Crippen molar-refractivity contribution in [1.29, 1.82) is 0 Å². The summed E-state index contributed by atoms with van der Waals surface area (Å²) in [6.45, 7) is 5.73. The maximum Gasteiger partial charge on any atom is 0.328 e. The van der Waals surface area contributed by atoms with E-state index < -0.39 is 35.9 Å². The normalized spacial score (nSPS) is 14.4. The fourth-order valence-electron chi connectivity index (χ4n) is 1.35. The average molecular weight is 287 g/mol. The standard InChI is InChI=1S/C12H21N3O5/c1-6(13-9(4)16)10(17)14-7(2)11(18)15-8(3)12(19)20-5/h6-8H,1-5H3,(H,13,16)(H,14,17)(H,15,18)/t6-,7-,8-/m0/s1. The highest BCUT2D eigenvalue weighted by Crippen LogP contribution is 1.91. The van der Waals surface area contributed by atoms with E-state index in [1.807, 2.05) is 0 Å². The third-order valence-electron chi connectivity index (χ3n) is 2.48. The summed E-state index contributed by atoms with van der Waals surface area (Å²) in [7, 11) is 1.21. The number of rotatable bonds is 6. The van der Waals surface area contributed by atoms with Gasteiger partial charge in [-0.3, -0.25) is 14.4 Å². The van der Waals surface area contributed by atoms with Crippen LogP contribution in [0.5, 0.6) is 0 Å². The molecule has 0 heterocycles. The summed E-state index contributed by atoms with van der Waals surface area (Å²) in [5.74, 6) is -1.94. The van der Waals surface area contributed by atoms with Gasteiger partial charge in [0.1, 0.15) is 18.1 Å². The quantitative estimate of drug-likeness (QED) is 0.525. The Hall–Kier alpha value is -2.12. The number of amides is 3. The highest BCUT2D eigenvalue weighted by Gasteiger charge is 2.23. The third kappa shape index (κ3) is 6.17.